The second kappa shape index (κ2) is 8.70. The Hall–Kier alpha value is -2.88. The topological polar surface area (TPSA) is 79.6 Å². The van der Waals surface area contributed by atoms with Crippen LogP contribution in [0.25, 0.3) is 20.3 Å². The Morgan fingerprint density at radius 1 is 1.06 bits per heavy atom. The predicted molar refractivity (Wildman–Crippen MR) is 128 cm³/mol. The van der Waals surface area contributed by atoms with Crippen molar-refractivity contribution in [3.63, 3.8) is 0 Å². The van der Waals surface area contributed by atoms with E-state index in [4.69, 9.17) is 4.98 Å². The minimum absolute atomic E-state index is 0.0201. The first-order chi connectivity index (χ1) is 14.9. The second-order valence-electron chi connectivity index (χ2n) is 7.50. The van der Waals surface area contributed by atoms with Crippen molar-refractivity contribution in [2.45, 2.75) is 13.3 Å². The van der Waals surface area contributed by atoms with Crippen molar-refractivity contribution in [3.05, 3.63) is 63.0 Å². The Labute approximate surface area is 187 Å². The van der Waals surface area contributed by atoms with Crippen molar-refractivity contribution in [2.24, 2.45) is 0 Å². The Kier molecular flexibility index (Phi) is 5.99. The van der Waals surface area contributed by atoms with Gasteiger partial charge in [0, 0.05) is 35.3 Å². The third-order valence-corrected chi connectivity index (χ3v) is 7.16. The molecule has 0 unspecified atom stereocenters. The molecule has 0 saturated carbocycles. The molecule has 0 bridgehead atoms. The van der Waals surface area contributed by atoms with E-state index in [9.17, 15) is 14.9 Å². The van der Waals surface area contributed by atoms with Gasteiger partial charge >= 0.3 is 0 Å². The van der Waals surface area contributed by atoms with Gasteiger partial charge in [-0.1, -0.05) is 24.3 Å². The van der Waals surface area contributed by atoms with Crippen LogP contribution >= 0.6 is 22.7 Å². The molecule has 0 aliphatic carbocycles. The van der Waals surface area contributed by atoms with Crippen molar-refractivity contribution in [1.29, 1.82) is 0 Å². The quantitative estimate of drug-likeness (QED) is 0.284. The molecule has 0 aliphatic rings. The standard InChI is InChI=1S/C22H22N4O3S2/c1-4-14-5-7-17-19(11-14)31-22(23-17)25(10-9-24(2)3)21(27)20-13-15-12-16(26(28)29)6-8-18(15)30-20/h5-8,11-13H,4,9-10H2,1-3H3. The maximum atomic E-state index is 13.5. The summed E-state index contributed by atoms with van der Waals surface area (Å²) in [5, 5.41) is 12.4. The van der Waals surface area contributed by atoms with Gasteiger partial charge in [-0.3, -0.25) is 19.8 Å². The number of likely N-dealkylation sites (N-methyl/N-ethyl adjacent to an activating group) is 1. The van der Waals surface area contributed by atoms with Crippen LogP contribution in [0, 0.1) is 10.1 Å². The van der Waals surface area contributed by atoms with E-state index < -0.39 is 4.92 Å². The summed E-state index contributed by atoms with van der Waals surface area (Å²) >= 11 is 2.86. The smallest absolute Gasteiger partial charge is 0.270 e. The first kappa shape index (κ1) is 21.4. The van der Waals surface area contributed by atoms with E-state index in [1.54, 1.807) is 17.0 Å². The molecule has 0 atom stereocenters. The minimum atomic E-state index is -0.423. The van der Waals surface area contributed by atoms with Gasteiger partial charge in [0.25, 0.3) is 11.6 Å². The van der Waals surface area contributed by atoms with Crippen LogP contribution in [0.2, 0.25) is 0 Å². The number of nitrogens with zero attached hydrogens (tertiary/aromatic N) is 4. The van der Waals surface area contributed by atoms with Crippen LogP contribution in [0.5, 0.6) is 0 Å². The van der Waals surface area contributed by atoms with E-state index in [2.05, 4.69) is 19.1 Å². The normalized spacial score (nSPS) is 11.5. The first-order valence-electron chi connectivity index (χ1n) is 9.89. The summed E-state index contributed by atoms with van der Waals surface area (Å²) in [4.78, 5) is 33.2. The number of carbonyl (C=O) groups is 1. The third-order valence-electron chi connectivity index (χ3n) is 5.02. The molecule has 2 aromatic carbocycles. The van der Waals surface area contributed by atoms with Gasteiger partial charge in [-0.25, -0.2) is 4.98 Å². The molecule has 7 nitrogen and oxygen atoms in total. The molecule has 0 fully saturated rings. The summed E-state index contributed by atoms with van der Waals surface area (Å²) in [5.41, 5.74) is 2.14. The Balaban J connectivity index is 1.72. The number of anilines is 1. The lowest BCUT2D eigenvalue weighted by Gasteiger charge is -2.21. The second-order valence-corrected chi connectivity index (χ2v) is 9.59. The average molecular weight is 455 g/mol. The Morgan fingerprint density at radius 3 is 2.58 bits per heavy atom. The highest BCUT2D eigenvalue weighted by Gasteiger charge is 2.23. The van der Waals surface area contributed by atoms with Crippen LogP contribution in [-0.2, 0) is 6.42 Å². The number of amides is 1. The van der Waals surface area contributed by atoms with Gasteiger partial charge in [0.15, 0.2) is 5.13 Å². The maximum Gasteiger partial charge on any atom is 0.270 e. The summed E-state index contributed by atoms with van der Waals surface area (Å²) in [6.07, 6.45) is 0.945. The summed E-state index contributed by atoms with van der Waals surface area (Å²) in [7, 11) is 3.93. The summed E-state index contributed by atoms with van der Waals surface area (Å²) in [6, 6.07) is 12.6. The van der Waals surface area contributed by atoms with E-state index in [1.165, 1.54) is 40.4 Å². The number of thiophene rings is 1. The molecule has 4 aromatic rings. The summed E-state index contributed by atoms with van der Waals surface area (Å²) in [5.74, 6) is -0.138. The largest absolute Gasteiger partial charge is 0.308 e. The van der Waals surface area contributed by atoms with Crippen LogP contribution in [0.1, 0.15) is 22.2 Å². The number of fused-ring (bicyclic) bond motifs is 2. The predicted octanol–water partition coefficient (Wildman–Crippen LogP) is 5.19. The number of nitro groups is 1. The van der Waals surface area contributed by atoms with Crippen molar-refractivity contribution in [3.8, 4) is 0 Å². The molecule has 4 rings (SSSR count). The lowest BCUT2D eigenvalue weighted by Crippen LogP contribution is -2.36. The third kappa shape index (κ3) is 4.43. The van der Waals surface area contributed by atoms with Crippen molar-refractivity contribution < 1.29 is 9.72 Å². The van der Waals surface area contributed by atoms with E-state index in [-0.39, 0.29) is 11.6 Å². The molecular weight excluding hydrogens is 432 g/mol. The number of hydrogen-bond acceptors (Lipinski definition) is 7. The number of nitro benzene ring substituents is 1. The highest BCUT2D eigenvalue weighted by atomic mass is 32.1. The number of benzene rings is 2. The zero-order valence-corrected chi connectivity index (χ0v) is 19.1. The lowest BCUT2D eigenvalue weighted by atomic mass is 10.2. The number of carbonyl (C=O) groups excluding carboxylic acids is 1. The average Bonchev–Trinajstić information content (AvgIpc) is 3.36. The fraction of sp³-hybridized carbons (Fsp3) is 0.273. The van der Waals surface area contributed by atoms with Gasteiger partial charge in [-0.2, -0.15) is 0 Å². The number of thiazole rings is 1. The molecule has 0 N–H and O–H groups in total. The van der Waals surface area contributed by atoms with Crippen LogP contribution < -0.4 is 4.90 Å². The Morgan fingerprint density at radius 2 is 1.87 bits per heavy atom. The fourth-order valence-corrected chi connectivity index (χ4v) is 5.30. The van der Waals surface area contributed by atoms with E-state index in [0.29, 0.717) is 28.5 Å². The Bertz CT molecular complexity index is 1280. The van der Waals surface area contributed by atoms with Crippen molar-refractivity contribution in [1.82, 2.24) is 9.88 Å². The maximum absolute atomic E-state index is 13.5. The van der Waals surface area contributed by atoms with Gasteiger partial charge in [0.05, 0.1) is 20.0 Å². The van der Waals surface area contributed by atoms with Crippen LogP contribution in [0.15, 0.2) is 42.5 Å². The van der Waals surface area contributed by atoms with Crippen LogP contribution in [0.4, 0.5) is 10.8 Å². The molecule has 1 amide bonds. The monoisotopic (exact) mass is 454 g/mol. The number of non-ortho nitro benzene ring substituents is 1. The number of hydrogen-bond donors (Lipinski definition) is 0. The molecule has 31 heavy (non-hydrogen) atoms. The van der Waals surface area contributed by atoms with Gasteiger partial charge in [0.2, 0.25) is 0 Å². The number of aryl methyl sites for hydroxylation is 1. The van der Waals surface area contributed by atoms with Crippen LogP contribution in [-0.4, -0.2) is 47.9 Å². The molecule has 9 heteroatoms. The highest BCUT2D eigenvalue weighted by Crippen LogP contribution is 2.34. The zero-order valence-electron chi connectivity index (χ0n) is 17.5. The van der Waals surface area contributed by atoms with Gasteiger partial charge in [-0.15, -0.1) is 11.3 Å². The highest BCUT2D eigenvalue weighted by molar-refractivity contribution is 7.23. The van der Waals surface area contributed by atoms with Gasteiger partial charge in [0.1, 0.15) is 0 Å². The van der Waals surface area contributed by atoms with E-state index >= 15 is 0 Å². The fourth-order valence-electron chi connectivity index (χ4n) is 3.26. The molecule has 2 heterocycles. The van der Waals surface area contributed by atoms with Crippen LogP contribution in [0.3, 0.4) is 0 Å². The summed E-state index contributed by atoms with van der Waals surface area (Å²) in [6.45, 7) is 3.31. The van der Waals surface area contributed by atoms with Gasteiger partial charge in [-0.05, 0) is 50.3 Å². The molecule has 0 spiro atoms. The summed E-state index contributed by atoms with van der Waals surface area (Å²) < 4.78 is 1.90. The SMILES string of the molecule is CCc1ccc2nc(N(CCN(C)C)C(=O)c3cc4cc([N+](=O)[O-])ccc4s3)sc2c1. The first-order valence-corrected chi connectivity index (χ1v) is 11.5. The van der Waals surface area contributed by atoms with Crippen molar-refractivity contribution >= 4 is 59.7 Å². The van der Waals surface area contributed by atoms with Crippen molar-refractivity contribution in [2.75, 3.05) is 32.1 Å². The molecular formula is C22H22N4O3S2. The minimum Gasteiger partial charge on any atom is -0.308 e. The molecule has 0 aliphatic heterocycles. The number of aromatic nitrogens is 1. The molecule has 2 aromatic heterocycles. The van der Waals surface area contributed by atoms with Gasteiger partial charge < -0.3 is 4.90 Å². The molecule has 0 saturated heterocycles. The molecule has 0 radical (unpaired) electrons. The lowest BCUT2D eigenvalue weighted by molar-refractivity contribution is -0.384. The van der Waals surface area contributed by atoms with E-state index in [0.717, 1.165) is 21.3 Å². The molecule has 160 valence electrons. The zero-order chi connectivity index (χ0) is 22.1. The van der Waals surface area contributed by atoms with E-state index in [1.807, 2.05) is 25.1 Å². The number of rotatable bonds is 7.